The second-order valence-corrected chi connectivity index (χ2v) is 6.92. The largest absolute Gasteiger partial charge is 0.373 e. The van der Waals surface area contributed by atoms with Gasteiger partial charge in [0.2, 0.25) is 0 Å². The molecule has 0 fully saturated rings. The topological polar surface area (TPSA) is 23.5 Å². The Bertz CT molecular complexity index is 800. The van der Waals surface area contributed by atoms with Crippen molar-refractivity contribution in [2.45, 2.75) is 19.4 Å². The second-order valence-electron chi connectivity index (χ2n) is 6.92. The molecule has 0 aliphatic carbocycles. The van der Waals surface area contributed by atoms with Crippen molar-refractivity contribution in [3.05, 3.63) is 77.1 Å². The van der Waals surface area contributed by atoms with Gasteiger partial charge >= 0.3 is 0 Å². The first-order chi connectivity index (χ1) is 12.3. The minimum Gasteiger partial charge on any atom is -0.373 e. The van der Waals surface area contributed by atoms with Crippen LogP contribution in [0, 0.1) is 23.6 Å². The summed E-state index contributed by atoms with van der Waals surface area (Å²) in [4.78, 5) is 2.03. The van der Waals surface area contributed by atoms with Crippen LogP contribution in [0.25, 0.3) is 6.08 Å². The molecule has 0 aliphatic rings. The zero-order chi connectivity index (χ0) is 19.2. The molecular weight excluding hydrogens is 325 g/mol. The predicted molar refractivity (Wildman–Crippen MR) is 106 cm³/mol. The minimum atomic E-state index is -1.28. The Hall–Kier alpha value is -2.41. The summed E-state index contributed by atoms with van der Waals surface area (Å²) in [6, 6.07) is 15.8. The van der Waals surface area contributed by atoms with Gasteiger partial charge in [-0.25, -0.2) is 4.39 Å². The summed E-state index contributed by atoms with van der Waals surface area (Å²) in [6.45, 7) is 4.55. The molecule has 0 radical (unpaired) electrons. The standard InChI is InChI=1S/C23H26FNO/c1-18(16-21-10-12-22(24)13-11-21)23(26,19(2)17-25(3)4)15-14-20-8-6-5-7-9-20/h5-13,16,19,26H,17H2,1-4H3/b18-16-. The lowest BCUT2D eigenvalue weighted by molar-refractivity contribution is 0.0683. The number of nitrogens with zero attached hydrogens (tertiary/aromatic N) is 1. The first-order valence-corrected chi connectivity index (χ1v) is 8.71. The molecule has 2 unspecified atom stereocenters. The van der Waals surface area contributed by atoms with Crippen molar-refractivity contribution in [1.82, 2.24) is 4.90 Å². The van der Waals surface area contributed by atoms with Crippen molar-refractivity contribution in [1.29, 1.82) is 0 Å². The third-order valence-corrected chi connectivity index (χ3v) is 4.38. The molecule has 0 aliphatic heterocycles. The van der Waals surface area contributed by atoms with Crippen molar-refractivity contribution in [3.8, 4) is 11.8 Å². The quantitative estimate of drug-likeness (QED) is 0.816. The van der Waals surface area contributed by atoms with E-state index in [9.17, 15) is 9.50 Å². The van der Waals surface area contributed by atoms with E-state index in [1.807, 2.05) is 69.3 Å². The molecule has 0 heterocycles. The molecule has 0 saturated heterocycles. The Labute approximate surface area is 156 Å². The van der Waals surface area contributed by atoms with Crippen LogP contribution in [0.2, 0.25) is 0 Å². The molecule has 0 bridgehead atoms. The number of benzene rings is 2. The lowest BCUT2D eigenvalue weighted by Crippen LogP contribution is -2.41. The van der Waals surface area contributed by atoms with Gasteiger partial charge in [-0.2, -0.15) is 0 Å². The van der Waals surface area contributed by atoms with Crippen LogP contribution in [0.1, 0.15) is 25.0 Å². The molecule has 0 saturated carbocycles. The summed E-state index contributed by atoms with van der Waals surface area (Å²) in [6.07, 6.45) is 1.87. The number of halogens is 1. The average molecular weight is 351 g/mol. The highest BCUT2D eigenvalue weighted by Gasteiger charge is 2.34. The van der Waals surface area contributed by atoms with Crippen LogP contribution in [0.3, 0.4) is 0 Å². The summed E-state index contributed by atoms with van der Waals surface area (Å²) in [5.41, 5.74) is 1.15. The summed E-state index contributed by atoms with van der Waals surface area (Å²) in [5, 5.41) is 11.4. The molecule has 3 heteroatoms. The second kappa shape index (κ2) is 8.80. The molecule has 1 N–H and O–H groups in total. The molecule has 136 valence electrons. The Morgan fingerprint density at radius 3 is 2.35 bits per heavy atom. The number of aliphatic hydroxyl groups is 1. The summed E-state index contributed by atoms with van der Waals surface area (Å²) < 4.78 is 13.1. The third kappa shape index (κ3) is 5.29. The van der Waals surface area contributed by atoms with Gasteiger partial charge in [-0.15, -0.1) is 0 Å². The lowest BCUT2D eigenvalue weighted by Gasteiger charge is -2.32. The van der Waals surface area contributed by atoms with E-state index in [0.29, 0.717) is 6.54 Å². The van der Waals surface area contributed by atoms with E-state index in [4.69, 9.17) is 0 Å². The highest BCUT2D eigenvalue weighted by molar-refractivity contribution is 5.57. The monoisotopic (exact) mass is 351 g/mol. The third-order valence-electron chi connectivity index (χ3n) is 4.38. The Morgan fingerprint density at radius 1 is 1.15 bits per heavy atom. The van der Waals surface area contributed by atoms with Crippen molar-refractivity contribution < 1.29 is 9.50 Å². The first kappa shape index (κ1) is 19.9. The van der Waals surface area contributed by atoms with Crippen LogP contribution in [0.15, 0.2) is 60.2 Å². The van der Waals surface area contributed by atoms with Crippen LogP contribution in [0.4, 0.5) is 4.39 Å². The fourth-order valence-electron chi connectivity index (χ4n) is 2.90. The number of rotatable bonds is 5. The van der Waals surface area contributed by atoms with Gasteiger partial charge in [0.15, 0.2) is 5.60 Å². The van der Waals surface area contributed by atoms with Gasteiger partial charge < -0.3 is 10.0 Å². The molecule has 2 atom stereocenters. The highest BCUT2D eigenvalue weighted by Crippen LogP contribution is 2.28. The number of hydrogen-bond acceptors (Lipinski definition) is 2. The number of hydrogen-bond donors (Lipinski definition) is 1. The molecule has 2 nitrogen and oxygen atoms in total. The van der Waals surface area contributed by atoms with E-state index in [1.54, 1.807) is 12.1 Å². The lowest BCUT2D eigenvalue weighted by atomic mass is 9.81. The van der Waals surface area contributed by atoms with Gasteiger partial charge in [-0.1, -0.05) is 55.2 Å². The SMILES string of the molecule is C/C(=C/c1ccc(F)cc1)C(O)(C#Cc1ccccc1)C(C)CN(C)C. The maximum Gasteiger partial charge on any atom is 0.151 e. The summed E-state index contributed by atoms with van der Waals surface area (Å²) in [5.74, 6) is 5.80. The van der Waals surface area contributed by atoms with Gasteiger partial charge in [0.1, 0.15) is 5.82 Å². The minimum absolute atomic E-state index is 0.106. The van der Waals surface area contributed by atoms with Crippen LogP contribution < -0.4 is 0 Å². The van der Waals surface area contributed by atoms with Crippen molar-refractivity contribution in [3.63, 3.8) is 0 Å². The van der Waals surface area contributed by atoms with E-state index in [-0.39, 0.29) is 11.7 Å². The molecule has 2 rings (SSSR count). The zero-order valence-corrected chi connectivity index (χ0v) is 15.8. The van der Waals surface area contributed by atoms with Crippen molar-refractivity contribution in [2.24, 2.45) is 5.92 Å². The van der Waals surface area contributed by atoms with E-state index < -0.39 is 5.60 Å². The molecule has 2 aromatic rings. The van der Waals surface area contributed by atoms with Crippen LogP contribution >= 0.6 is 0 Å². The average Bonchev–Trinajstić information content (AvgIpc) is 2.61. The van der Waals surface area contributed by atoms with Crippen LogP contribution in [-0.2, 0) is 0 Å². The Kier molecular flexibility index (Phi) is 6.74. The summed E-state index contributed by atoms with van der Waals surface area (Å²) >= 11 is 0. The molecule has 0 aromatic heterocycles. The van der Waals surface area contributed by atoms with Gasteiger partial charge in [-0.3, -0.25) is 0 Å². The maximum absolute atomic E-state index is 13.1. The highest BCUT2D eigenvalue weighted by atomic mass is 19.1. The molecule has 2 aromatic carbocycles. The van der Waals surface area contributed by atoms with Gasteiger partial charge in [0.05, 0.1) is 0 Å². The molecule has 26 heavy (non-hydrogen) atoms. The normalized spacial score (nSPS) is 15.1. The fourth-order valence-corrected chi connectivity index (χ4v) is 2.90. The predicted octanol–water partition coefficient (Wildman–Crippen LogP) is 4.21. The smallest absolute Gasteiger partial charge is 0.151 e. The first-order valence-electron chi connectivity index (χ1n) is 8.71. The zero-order valence-electron chi connectivity index (χ0n) is 15.8. The molecule has 0 spiro atoms. The van der Waals surface area contributed by atoms with Crippen molar-refractivity contribution >= 4 is 6.08 Å². The van der Waals surface area contributed by atoms with E-state index in [0.717, 1.165) is 16.7 Å². The molecule has 0 amide bonds. The van der Waals surface area contributed by atoms with E-state index >= 15 is 0 Å². The fraction of sp³-hybridized carbons (Fsp3) is 0.304. The van der Waals surface area contributed by atoms with Crippen molar-refractivity contribution in [2.75, 3.05) is 20.6 Å². The maximum atomic E-state index is 13.1. The molecular formula is C23H26FNO. The Balaban J connectivity index is 2.42. The van der Waals surface area contributed by atoms with Gasteiger partial charge in [0.25, 0.3) is 0 Å². The van der Waals surface area contributed by atoms with Crippen LogP contribution in [-0.4, -0.2) is 36.2 Å². The van der Waals surface area contributed by atoms with E-state index in [1.165, 1.54) is 12.1 Å². The van der Waals surface area contributed by atoms with Crippen LogP contribution in [0.5, 0.6) is 0 Å². The van der Waals surface area contributed by atoms with Gasteiger partial charge in [0, 0.05) is 18.0 Å². The summed E-state index contributed by atoms with van der Waals surface area (Å²) in [7, 11) is 3.95. The van der Waals surface area contributed by atoms with Gasteiger partial charge in [-0.05, 0) is 56.4 Å². The Morgan fingerprint density at radius 2 is 1.77 bits per heavy atom. The van der Waals surface area contributed by atoms with E-state index in [2.05, 4.69) is 11.8 Å².